The number of halogens is 1. The molecule has 0 amide bonds. The summed E-state index contributed by atoms with van der Waals surface area (Å²) in [7, 11) is 1.46. The molecule has 0 aliphatic heterocycles. The van der Waals surface area contributed by atoms with Crippen LogP contribution in [-0.4, -0.2) is 16.9 Å². The Bertz CT molecular complexity index is 625. The molecule has 0 unspecified atom stereocenters. The number of aromatic nitrogens is 2. The summed E-state index contributed by atoms with van der Waals surface area (Å²) in [6, 6.07) is 6.86. The molecule has 1 heterocycles. The Morgan fingerprint density at radius 1 is 1.39 bits per heavy atom. The van der Waals surface area contributed by atoms with Crippen LogP contribution >= 0.6 is 0 Å². The van der Waals surface area contributed by atoms with E-state index in [1.54, 1.807) is 0 Å². The maximum Gasteiger partial charge on any atom is 0.267 e. The zero-order chi connectivity index (χ0) is 13.1. The van der Waals surface area contributed by atoms with Crippen LogP contribution in [0.5, 0.6) is 5.88 Å². The average molecular weight is 249 g/mol. The van der Waals surface area contributed by atoms with Crippen molar-refractivity contribution in [2.24, 2.45) is 0 Å². The lowest BCUT2D eigenvalue weighted by Crippen LogP contribution is -2.23. The van der Waals surface area contributed by atoms with Crippen molar-refractivity contribution in [3.8, 4) is 5.88 Å². The van der Waals surface area contributed by atoms with Gasteiger partial charge in [0.1, 0.15) is 5.82 Å². The first-order chi connectivity index (χ1) is 8.60. The lowest BCUT2D eigenvalue weighted by atomic mass is 10.2. The summed E-state index contributed by atoms with van der Waals surface area (Å²) in [5.74, 6) is -0.0857. The van der Waals surface area contributed by atoms with E-state index in [9.17, 15) is 9.18 Å². The number of nitrogen functional groups attached to an aromatic ring is 1. The van der Waals surface area contributed by atoms with Gasteiger partial charge in [-0.2, -0.15) is 0 Å². The molecule has 0 aliphatic rings. The van der Waals surface area contributed by atoms with Crippen molar-refractivity contribution >= 4 is 5.69 Å². The highest BCUT2D eigenvalue weighted by Crippen LogP contribution is 2.14. The van der Waals surface area contributed by atoms with Gasteiger partial charge < -0.3 is 10.5 Å². The molecule has 0 bridgehead atoms. The van der Waals surface area contributed by atoms with E-state index in [-0.39, 0.29) is 17.8 Å². The van der Waals surface area contributed by atoms with E-state index in [1.165, 1.54) is 42.1 Å². The number of methoxy groups -OCH3 is 1. The molecule has 0 radical (unpaired) electrons. The lowest BCUT2D eigenvalue weighted by molar-refractivity contribution is 0.379. The first-order valence-corrected chi connectivity index (χ1v) is 5.26. The van der Waals surface area contributed by atoms with Crippen LogP contribution in [0.15, 0.2) is 35.1 Å². The summed E-state index contributed by atoms with van der Waals surface area (Å²) in [5, 5.41) is 3.98. The zero-order valence-electron chi connectivity index (χ0n) is 9.76. The number of anilines is 1. The van der Waals surface area contributed by atoms with Gasteiger partial charge in [-0.3, -0.25) is 4.79 Å². The predicted octanol–water partition coefficient (Wildman–Crippen LogP) is 1.02. The maximum absolute atomic E-state index is 12.9. The van der Waals surface area contributed by atoms with Crippen LogP contribution < -0.4 is 16.0 Å². The smallest absolute Gasteiger partial charge is 0.267 e. The van der Waals surface area contributed by atoms with E-state index in [0.29, 0.717) is 11.4 Å². The second kappa shape index (κ2) is 4.87. The Morgan fingerprint density at radius 2 is 2.17 bits per heavy atom. The molecule has 1 aromatic carbocycles. The van der Waals surface area contributed by atoms with E-state index in [1.807, 2.05) is 0 Å². The van der Waals surface area contributed by atoms with Crippen molar-refractivity contribution in [3.63, 3.8) is 0 Å². The molecule has 2 rings (SSSR count). The quantitative estimate of drug-likeness (QED) is 0.824. The zero-order valence-corrected chi connectivity index (χ0v) is 9.76. The SMILES string of the molecule is COc1ccc(=O)n(Cc2ccc(F)cc2N)n1. The van der Waals surface area contributed by atoms with Crippen molar-refractivity contribution in [2.45, 2.75) is 6.54 Å². The number of benzene rings is 1. The van der Waals surface area contributed by atoms with Gasteiger partial charge in [-0.1, -0.05) is 6.07 Å². The van der Waals surface area contributed by atoms with E-state index in [0.717, 1.165) is 0 Å². The summed E-state index contributed by atoms with van der Waals surface area (Å²) in [4.78, 5) is 11.6. The topological polar surface area (TPSA) is 70.1 Å². The van der Waals surface area contributed by atoms with E-state index >= 15 is 0 Å². The van der Waals surface area contributed by atoms with E-state index in [4.69, 9.17) is 10.5 Å². The average Bonchev–Trinajstić information content (AvgIpc) is 2.35. The fraction of sp³-hybridized carbons (Fsp3) is 0.167. The fourth-order valence-corrected chi connectivity index (χ4v) is 1.52. The molecule has 0 fully saturated rings. The van der Waals surface area contributed by atoms with E-state index < -0.39 is 5.82 Å². The van der Waals surface area contributed by atoms with Gasteiger partial charge in [0.05, 0.1) is 13.7 Å². The number of hydrogen-bond acceptors (Lipinski definition) is 4. The van der Waals surface area contributed by atoms with Crippen LogP contribution in [0, 0.1) is 5.82 Å². The van der Waals surface area contributed by atoms with Crippen molar-refractivity contribution in [3.05, 3.63) is 52.1 Å². The third-order valence-electron chi connectivity index (χ3n) is 2.48. The normalized spacial score (nSPS) is 10.3. The van der Waals surface area contributed by atoms with Crippen molar-refractivity contribution < 1.29 is 9.13 Å². The van der Waals surface area contributed by atoms with Gasteiger partial charge in [-0.15, -0.1) is 5.10 Å². The molecular formula is C12H12FN3O2. The molecule has 2 N–H and O–H groups in total. The summed E-state index contributed by atoms with van der Waals surface area (Å²) < 4.78 is 19.0. The van der Waals surface area contributed by atoms with Crippen LogP contribution in [0.2, 0.25) is 0 Å². The summed E-state index contributed by atoms with van der Waals surface area (Å²) in [5.41, 5.74) is 6.31. The van der Waals surface area contributed by atoms with Gasteiger partial charge in [-0.05, 0) is 17.7 Å². The minimum Gasteiger partial charge on any atom is -0.480 e. The van der Waals surface area contributed by atoms with Gasteiger partial charge in [0, 0.05) is 17.8 Å². The molecule has 0 saturated heterocycles. The molecule has 94 valence electrons. The van der Waals surface area contributed by atoms with Gasteiger partial charge in [0.2, 0.25) is 5.88 Å². The van der Waals surface area contributed by atoms with E-state index in [2.05, 4.69) is 5.10 Å². The minimum absolute atomic E-state index is 0.169. The number of rotatable bonds is 3. The molecule has 6 heteroatoms. The summed E-state index contributed by atoms with van der Waals surface area (Å²) >= 11 is 0. The first-order valence-electron chi connectivity index (χ1n) is 5.26. The molecule has 1 aromatic heterocycles. The Morgan fingerprint density at radius 3 is 2.83 bits per heavy atom. The number of hydrogen-bond donors (Lipinski definition) is 1. The third-order valence-corrected chi connectivity index (χ3v) is 2.48. The highest BCUT2D eigenvalue weighted by Gasteiger charge is 2.05. The number of ether oxygens (including phenoxy) is 1. The van der Waals surface area contributed by atoms with Crippen molar-refractivity contribution in [1.82, 2.24) is 9.78 Å². The van der Waals surface area contributed by atoms with Gasteiger partial charge >= 0.3 is 0 Å². The van der Waals surface area contributed by atoms with Crippen LogP contribution in [0.25, 0.3) is 0 Å². The molecule has 5 nitrogen and oxygen atoms in total. The highest BCUT2D eigenvalue weighted by atomic mass is 19.1. The standard InChI is InChI=1S/C12H12FN3O2/c1-18-11-4-5-12(17)16(15-11)7-8-2-3-9(13)6-10(8)14/h2-6H,7,14H2,1H3. The largest absolute Gasteiger partial charge is 0.480 e. The van der Waals surface area contributed by atoms with Gasteiger partial charge in [-0.25, -0.2) is 9.07 Å². The Labute approximate surface area is 103 Å². The monoisotopic (exact) mass is 249 g/mol. The maximum atomic E-state index is 12.9. The lowest BCUT2D eigenvalue weighted by Gasteiger charge is -2.08. The predicted molar refractivity (Wildman–Crippen MR) is 65.0 cm³/mol. The highest BCUT2D eigenvalue weighted by molar-refractivity contribution is 5.46. The fourth-order valence-electron chi connectivity index (χ4n) is 1.52. The summed E-state index contributed by atoms with van der Waals surface area (Å²) in [6.07, 6.45) is 0. The van der Waals surface area contributed by atoms with Crippen LogP contribution in [-0.2, 0) is 6.54 Å². The number of nitrogens with zero attached hydrogens (tertiary/aromatic N) is 2. The Hall–Kier alpha value is -2.37. The Kier molecular flexibility index (Phi) is 3.27. The van der Waals surface area contributed by atoms with Crippen molar-refractivity contribution in [2.75, 3.05) is 12.8 Å². The van der Waals surface area contributed by atoms with Crippen LogP contribution in [0.3, 0.4) is 0 Å². The van der Waals surface area contributed by atoms with Gasteiger partial charge in [0.25, 0.3) is 5.56 Å². The van der Waals surface area contributed by atoms with Gasteiger partial charge in [0.15, 0.2) is 0 Å². The third kappa shape index (κ3) is 2.48. The second-order valence-corrected chi connectivity index (χ2v) is 3.71. The Balaban J connectivity index is 2.36. The molecule has 2 aromatic rings. The van der Waals surface area contributed by atoms with Crippen LogP contribution in [0.4, 0.5) is 10.1 Å². The van der Waals surface area contributed by atoms with Crippen molar-refractivity contribution in [1.29, 1.82) is 0 Å². The molecule has 18 heavy (non-hydrogen) atoms. The second-order valence-electron chi connectivity index (χ2n) is 3.71. The molecular weight excluding hydrogens is 237 g/mol. The molecule has 0 spiro atoms. The summed E-state index contributed by atoms with van der Waals surface area (Å²) in [6.45, 7) is 0.169. The number of nitrogens with two attached hydrogens (primary N) is 1. The van der Waals surface area contributed by atoms with Crippen LogP contribution in [0.1, 0.15) is 5.56 Å². The molecule has 0 saturated carbocycles. The molecule has 0 aliphatic carbocycles. The minimum atomic E-state index is -0.415. The molecule has 0 atom stereocenters. The first kappa shape index (κ1) is 12.1.